The van der Waals surface area contributed by atoms with E-state index < -0.39 is 36.0 Å². The largest absolute Gasteiger partial charge is 0.573 e. The average Bonchev–Trinajstić information content (AvgIpc) is 2.82. The Morgan fingerprint density at radius 2 is 2.03 bits per heavy atom. The first-order valence-electron chi connectivity index (χ1n) is 10.5. The maximum Gasteiger partial charge on any atom is 0.573 e. The van der Waals surface area contributed by atoms with E-state index in [0.29, 0.717) is 11.5 Å². The van der Waals surface area contributed by atoms with Crippen LogP contribution in [0.1, 0.15) is 6.42 Å². The predicted molar refractivity (Wildman–Crippen MR) is 126 cm³/mol. The lowest BCUT2D eigenvalue weighted by atomic mass is 10.1. The van der Waals surface area contributed by atoms with Crippen molar-refractivity contribution in [3.63, 3.8) is 0 Å². The Balaban J connectivity index is 2.00. The Hall–Kier alpha value is -3.49. The second kappa shape index (κ2) is 11.5. The molecule has 1 aromatic heterocycles. The zero-order valence-electron chi connectivity index (χ0n) is 19.2. The predicted octanol–water partition coefficient (Wildman–Crippen LogP) is 2.18. The van der Waals surface area contributed by atoms with Crippen molar-refractivity contribution < 1.29 is 32.9 Å². The van der Waals surface area contributed by atoms with Gasteiger partial charge in [-0.3, -0.25) is 18.9 Å². The molecule has 0 fully saturated rings. The Morgan fingerprint density at radius 1 is 1.31 bits per heavy atom. The molecule has 1 aliphatic rings. The van der Waals surface area contributed by atoms with Crippen molar-refractivity contribution >= 4 is 29.3 Å². The SMILES string of the molecule is CNc1c(N(CC2CC=C(Cl)C=N2)OOc2cccc(OC(F)(F)F)c2)c(=O)n(CCO)c(=O)n1C. The molecular weight excluding hydrogens is 511 g/mol. The highest BCUT2D eigenvalue weighted by atomic mass is 35.5. The lowest BCUT2D eigenvalue weighted by molar-refractivity contribution is -0.274. The van der Waals surface area contributed by atoms with E-state index in [-0.39, 0.29) is 30.3 Å². The standard InChI is InChI=1S/C21H23ClF3N5O6/c1-26-18-17(19(32)29(8-9-31)20(33)28(18)2)30(12-14-7-6-13(22)11-27-14)36-35-16-5-3-4-15(10-16)34-21(23,24)25/h3-6,10-11,14,26,31H,7-9,12H2,1-2H3. The molecule has 196 valence electrons. The number of halogens is 4. The third kappa shape index (κ3) is 6.59. The summed E-state index contributed by atoms with van der Waals surface area (Å²) in [5.41, 5.74) is -1.65. The number of benzene rings is 1. The van der Waals surface area contributed by atoms with Gasteiger partial charge in [0, 0.05) is 26.4 Å². The average molecular weight is 534 g/mol. The molecule has 2 N–H and O–H groups in total. The number of hydrogen-bond acceptors (Lipinski definition) is 9. The molecule has 0 radical (unpaired) electrons. The summed E-state index contributed by atoms with van der Waals surface area (Å²) in [7, 11) is 2.88. The van der Waals surface area contributed by atoms with Gasteiger partial charge in [-0.2, -0.15) is 0 Å². The Morgan fingerprint density at radius 3 is 2.64 bits per heavy atom. The van der Waals surface area contributed by atoms with Crippen molar-refractivity contribution in [2.24, 2.45) is 12.0 Å². The van der Waals surface area contributed by atoms with Gasteiger partial charge in [-0.1, -0.05) is 28.7 Å². The van der Waals surface area contributed by atoms with Gasteiger partial charge in [0.2, 0.25) is 0 Å². The minimum Gasteiger partial charge on any atom is -0.406 e. The van der Waals surface area contributed by atoms with Gasteiger partial charge < -0.3 is 20.0 Å². The fraction of sp³-hybridized carbons (Fsp3) is 0.381. The number of dihydropyridines is 1. The second-order valence-corrected chi connectivity index (χ2v) is 7.90. The molecule has 15 heteroatoms. The van der Waals surface area contributed by atoms with Crippen molar-refractivity contribution in [2.45, 2.75) is 25.4 Å². The highest BCUT2D eigenvalue weighted by Gasteiger charge is 2.31. The van der Waals surface area contributed by atoms with E-state index in [9.17, 15) is 27.9 Å². The molecule has 1 aromatic carbocycles. The van der Waals surface area contributed by atoms with E-state index in [1.165, 1.54) is 32.4 Å². The summed E-state index contributed by atoms with van der Waals surface area (Å²) in [5.74, 6) is -0.649. The number of ether oxygens (including phenoxy) is 1. The minimum atomic E-state index is -4.91. The van der Waals surface area contributed by atoms with Gasteiger partial charge in [-0.15, -0.1) is 13.2 Å². The van der Waals surface area contributed by atoms with Gasteiger partial charge in [0.15, 0.2) is 11.4 Å². The third-order valence-corrected chi connectivity index (χ3v) is 5.22. The van der Waals surface area contributed by atoms with Crippen LogP contribution in [0.2, 0.25) is 0 Å². The number of hydroxylamine groups is 1. The van der Waals surface area contributed by atoms with Gasteiger partial charge in [0.05, 0.1) is 30.8 Å². The number of aliphatic imine (C=N–C) groups is 1. The lowest BCUT2D eigenvalue weighted by Crippen LogP contribution is -2.46. The highest BCUT2D eigenvalue weighted by molar-refractivity contribution is 6.39. The number of rotatable bonds is 10. The molecule has 36 heavy (non-hydrogen) atoms. The Bertz CT molecular complexity index is 1260. The summed E-state index contributed by atoms with van der Waals surface area (Å²) in [4.78, 5) is 40.8. The molecule has 11 nitrogen and oxygen atoms in total. The summed E-state index contributed by atoms with van der Waals surface area (Å²) in [6, 6.07) is 4.12. The maximum absolute atomic E-state index is 13.3. The van der Waals surface area contributed by atoms with Gasteiger partial charge >= 0.3 is 12.1 Å². The van der Waals surface area contributed by atoms with E-state index >= 15 is 0 Å². The number of anilines is 2. The lowest BCUT2D eigenvalue weighted by Gasteiger charge is -2.27. The first-order valence-corrected chi connectivity index (χ1v) is 10.9. The van der Waals surface area contributed by atoms with Crippen LogP contribution in [0.3, 0.4) is 0 Å². The van der Waals surface area contributed by atoms with E-state index in [1.54, 1.807) is 6.08 Å². The van der Waals surface area contributed by atoms with Crippen LogP contribution in [0, 0.1) is 0 Å². The monoisotopic (exact) mass is 533 g/mol. The topological polar surface area (TPSA) is 120 Å². The number of nitrogens with zero attached hydrogens (tertiary/aromatic N) is 4. The molecule has 2 aromatic rings. The van der Waals surface area contributed by atoms with Crippen molar-refractivity contribution in [1.82, 2.24) is 9.13 Å². The quantitative estimate of drug-likeness (QED) is 0.352. The third-order valence-electron chi connectivity index (χ3n) is 4.97. The summed E-state index contributed by atoms with van der Waals surface area (Å²) < 4.78 is 43.6. The zero-order chi connectivity index (χ0) is 26.5. The van der Waals surface area contributed by atoms with E-state index in [1.807, 2.05) is 0 Å². The molecule has 1 aliphatic heterocycles. The molecule has 2 heterocycles. The molecule has 0 bridgehead atoms. The fourth-order valence-corrected chi connectivity index (χ4v) is 3.53. The van der Waals surface area contributed by atoms with Crippen molar-refractivity contribution in [3.05, 3.63) is 56.2 Å². The molecule has 0 spiro atoms. The summed E-state index contributed by atoms with van der Waals surface area (Å²) >= 11 is 5.93. The van der Waals surface area contributed by atoms with Crippen LogP contribution >= 0.6 is 11.6 Å². The van der Waals surface area contributed by atoms with Crippen molar-refractivity contribution in [2.75, 3.05) is 30.6 Å². The van der Waals surface area contributed by atoms with E-state index in [4.69, 9.17) is 21.5 Å². The minimum absolute atomic E-state index is 0.0605. The van der Waals surface area contributed by atoms with Gasteiger partial charge in [0.1, 0.15) is 11.6 Å². The van der Waals surface area contributed by atoms with Crippen molar-refractivity contribution in [1.29, 1.82) is 0 Å². The molecule has 0 aliphatic carbocycles. The second-order valence-electron chi connectivity index (χ2n) is 7.47. The molecule has 1 unspecified atom stereocenters. The van der Waals surface area contributed by atoms with Crippen LogP contribution in [-0.2, 0) is 18.6 Å². The number of alkyl halides is 3. The first-order chi connectivity index (χ1) is 17.0. The smallest absolute Gasteiger partial charge is 0.406 e. The van der Waals surface area contributed by atoms with Gasteiger partial charge in [-0.25, -0.2) is 9.86 Å². The molecule has 0 saturated carbocycles. The molecule has 3 rings (SSSR count). The van der Waals surface area contributed by atoms with Crippen LogP contribution in [0.5, 0.6) is 11.5 Å². The number of hydrogen-bond donors (Lipinski definition) is 2. The van der Waals surface area contributed by atoms with Crippen LogP contribution in [-0.4, -0.2) is 53.1 Å². The Labute approximate surface area is 207 Å². The Kier molecular flexibility index (Phi) is 8.66. The number of allylic oxidation sites excluding steroid dienone is 1. The van der Waals surface area contributed by atoms with Crippen LogP contribution < -0.4 is 31.3 Å². The highest BCUT2D eigenvalue weighted by Crippen LogP contribution is 2.28. The summed E-state index contributed by atoms with van der Waals surface area (Å²) in [6.45, 7) is -0.835. The van der Waals surface area contributed by atoms with Crippen LogP contribution in [0.15, 0.2) is 50.0 Å². The number of aliphatic hydroxyl groups excluding tert-OH is 1. The van der Waals surface area contributed by atoms with E-state index in [0.717, 1.165) is 26.3 Å². The molecule has 0 saturated heterocycles. The first kappa shape index (κ1) is 27.1. The maximum atomic E-state index is 13.3. The summed E-state index contributed by atoms with van der Waals surface area (Å²) in [5, 5.41) is 13.6. The van der Waals surface area contributed by atoms with Gasteiger partial charge in [0.25, 0.3) is 5.56 Å². The molecule has 1 atom stereocenters. The summed E-state index contributed by atoms with van der Waals surface area (Å²) in [6.07, 6.45) is -1.39. The van der Waals surface area contributed by atoms with Crippen LogP contribution in [0.25, 0.3) is 0 Å². The molecule has 0 amide bonds. The zero-order valence-corrected chi connectivity index (χ0v) is 19.9. The van der Waals surface area contributed by atoms with Crippen molar-refractivity contribution in [3.8, 4) is 11.5 Å². The van der Waals surface area contributed by atoms with E-state index in [2.05, 4.69) is 15.0 Å². The normalized spacial score (nSPS) is 15.4. The van der Waals surface area contributed by atoms with Gasteiger partial charge in [-0.05, 0) is 18.6 Å². The molecular formula is C21H23ClF3N5O6. The number of aliphatic hydroxyl groups is 1. The fourth-order valence-electron chi connectivity index (χ4n) is 3.38. The number of nitrogens with one attached hydrogen (secondary N) is 1. The number of aromatic nitrogens is 2. The van der Waals surface area contributed by atoms with Crippen LogP contribution in [0.4, 0.5) is 24.7 Å².